The van der Waals surface area contributed by atoms with Gasteiger partial charge in [0.05, 0.1) is 5.56 Å². The van der Waals surface area contributed by atoms with Gasteiger partial charge in [-0.05, 0) is 17.7 Å². The van der Waals surface area contributed by atoms with E-state index in [0.717, 1.165) is 10.5 Å². The highest BCUT2D eigenvalue weighted by atomic mass is 16.2. The monoisotopic (exact) mass is 320 g/mol. The van der Waals surface area contributed by atoms with Crippen molar-refractivity contribution in [3.05, 3.63) is 71.0 Å². The van der Waals surface area contributed by atoms with E-state index in [1.807, 2.05) is 6.07 Å². The summed E-state index contributed by atoms with van der Waals surface area (Å²) >= 11 is 0. The van der Waals surface area contributed by atoms with Gasteiger partial charge >= 0.3 is 6.21 Å². The van der Waals surface area contributed by atoms with Gasteiger partial charge in [-0.2, -0.15) is 4.79 Å². The lowest BCUT2D eigenvalue weighted by atomic mass is 10.0. The number of pyridine rings is 1. The molecule has 0 fully saturated rings. The number of imide groups is 1. The summed E-state index contributed by atoms with van der Waals surface area (Å²) in [5.74, 6) is -1.85. The Morgan fingerprint density at radius 2 is 1.92 bits per heavy atom. The number of carbonyl (C=O) groups is 3. The first-order valence-electron chi connectivity index (χ1n) is 7.21. The number of Topliss-reactive ketones (excluding diaryl/α,β-unsaturated/α-hetero) is 1. The minimum Gasteiger partial charge on any atom is -0.361 e. The number of rotatable bonds is 5. The Balaban J connectivity index is 2.00. The molecule has 7 nitrogen and oxygen atoms in total. The zero-order valence-corrected chi connectivity index (χ0v) is 12.5. The summed E-state index contributed by atoms with van der Waals surface area (Å²) in [6.07, 6.45) is 2.23. The summed E-state index contributed by atoms with van der Waals surface area (Å²) in [6, 6.07) is 10.9. The average molecular weight is 320 g/mol. The second kappa shape index (κ2) is 6.36. The molecular formula is C17H12N4O3. The van der Waals surface area contributed by atoms with Crippen molar-refractivity contribution in [2.24, 2.45) is 0 Å². The van der Waals surface area contributed by atoms with Gasteiger partial charge in [-0.1, -0.05) is 30.3 Å². The van der Waals surface area contributed by atoms with Crippen molar-refractivity contribution in [3.8, 4) is 0 Å². The minimum absolute atomic E-state index is 0.0225. The molecule has 7 heteroatoms. The molecule has 1 aromatic heterocycles. The lowest BCUT2D eigenvalue weighted by Crippen LogP contribution is -2.46. The standard InChI is InChI=1S/C17H12N4O3/c18-20-10-14(22)13(9-11-5-2-1-3-6-11)21-16(23)12-7-4-8-19-15(12)17(21)24/h1-8,10,13H,9H2. The normalized spacial score (nSPS) is 14.1. The topological polar surface area (TPSA) is 104 Å². The average Bonchev–Trinajstić information content (AvgIpc) is 2.86. The zero-order chi connectivity index (χ0) is 17.1. The van der Waals surface area contributed by atoms with Gasteiger partial charge in [-0.3, -0.25) is 24.3 Å². The van der Waals surface area contributed by atoms with E-state index >= 15 is 0 Å². The Bertz CT molecular complexity index is 837. The lowest BCUT2D eigenvalue weighted by Gasteiger charge is -2.22. The molecule has 24 heavy (non-hydrogen) atoms. The third-order valence-corrected chi connectivity index (χ3v) is 3.78. The molecule has 1 unspecified atom stereocenters. The van der Waals surface area contributed by atoms with Crippen LogP contribution in [0.4, 0.5) is 0 Å². The Kier molecular flexibility index (Phi) is 4.09. The number of carbonyl (C=O) groups excluding carboxylic acids is 3. The first-order valence-corrected chi connectivity index (χ1v) is 7.21. The molecule has 1 aliphatic rings. The fraction of sp³-hybridized carbons (Fsp3) is 0.118. The number of hydrogen-bond donors (Lipinski definition) is 0. The summed E-state index contributed by atoms with van der Waals surface area (Å²) in [7, 11) is 0. The van der Waals surface area contributed by atoms with Gasteiger partial charge in [0.15, 0.2) is 0 Å². The van der Waals surface area contributed by atoms with E-state index in [4.69, 9.17) is 5.53 Å². The van der Waals surface area contributed by atoms with Crippen molar-refractivity contribution in [2.75, 3.05) is 0 Å². The van der Waals surface area contributed by atoms with Crippen LogP contribution < -0.4 is 0 Å². The molecular weight excluding hydrogens is 308 g/mol. The van der Waals surface area contributed by atoms with Crippen LogP contribution in [0.15, 0.2) is 48.7 Å². The molecule has 0 saturated heterocycles. The van der Waals surface area contributed by atoms with E-state index in [9.17, 15) is 14.4 Å². The van der Waals surface area contributed by atoms with E-state index in [2.05, 4.69) is 9.77 Å². The highest BCUT2D eigenvalue weighted by Crippen LogP contribution is 2.24. The number of benzene rings is 1. The number of nitrogens with zero attached hydrogens (tertiary/aromatic N) is 4. The van der Waals surface area contributed by atoms with Crippen LogP contribution >= 0.6 is 0 Å². The molecule has 118 valence electrons. The van der Waals surface area contributed by atoms with Crippen molar-refractivity contribution in [2.45, 2.75) is 12.5 Å². The van der Waals surface area contributed by atoms with E-state index in [1.165, 1.54) is 12.3 Å². The molecule has 0 bridgehead atoms. The highest BCUT2D eigenvalue weighted by molar-refractivity contribution is 6.31. The molecule has 1 atom stereocenters. The molecule has 0 saturated carbocycles. The van der Waals surface area contributed by atoms with Gasteiger partial charge in [0.25, 0.3) is 17.6 Å². The summed E-state index contributed by atoms with van der Waals surface area (Å²) in [6.45, 7) is 0. The highest BCUT2D eigenvalue weighted by Gasteiger charge is 2.44. The predicted molar refractivity (Wildman–Crippen MR) is 83.4 cm³/mol. The molecule has 3 rings (SSSR count). The summed E-state index contributed by atoms with van der Waals surface area (Å²) in [4.78, 5) is 44.9. The molecule has 2 aromatic rings. The van der Waals surface area contributed by atoms with Crippen LogP contribution in [0.3, 0.4) is 0 Å². The maximum Gasteiger partial charge on any atom is 0.325 e. The fourth-order valence-corrected chi connectivity index (χ4v) is 2.67. The van der Waals surface area contributed by atoms with E-state index in [1.54, 1.807) is 30.3 Å². The maximum atomic E-state index is 12.6. The quantitative estimate of drug-likeness (QED) is 0.357. The van der Waals surface area contributed by atoms with Crippen molar-refractivity contribution in [1.82, 2.24) is 9.88 Å². The first-order chi connectivity index (χ1) is 11.6. The van der Waals surface area contributed by atoms with Crippen molar-refractivity contribution < 1.29 is 19.2 Å². The van der Waals surface area contributed by atoms with E-state index in [-0.39, 0.29) is 17.7 Å². The van der Waals surface area contributed by atoms with Crippen molar-refractivity contribution in [3.63, 3.8) is 0 Å². The Hall–Kier alpha value is -3.44. The summed E-state index contributed by atoms with van der Waals surface area (Å²) in [5.41, 5.74) is 9.60. The third-order valence-electron chi connectivity index (χ3n) is 3.78. The van der Waals surface area contributed by atoms with Crippen LogP contribution in [0.5, 0.6) is 0 Å². The first kappa shape index (κ1) is 15.5. The molecule has 0 radical (unpaired) electrons. The fourth-order valence-electron chi connectivity index (χ4n) is 2.67. The smallest absolute Gasteiger partial charge is 0.325 e. The third kappa shape index (κ3) is 2.64. The van der Waals surface area contributed by atoms with Crippen LogP contribution in [-0.4, -0.2) is 44.5 Å². The number of fused-ring (bicyclic) bond motifs is 1. The second-order valence-electron chi connectivity index (χ2n) is 5.23. The number of ketones is 1. The number of aromatic nitrogens is 1. The maximum absolute atomic E-state index is 12.6. The van der Waals surface area contributed by atoms with Gasteiger partial charge in [0, 0.05) is 12.6 Å². The molecule has 2 heterocycles. The van der Waals surface area contributed by atoms with Crippen LogP contribution in [0.25, 0.3) is 5.53 Å². The molecule has 0 spiro atoms. The Morgan fingerprint density at radius 1 is 1.17 bits per heavy atom. The number of hydrogen-bond acceptors (Lipinski definition) is 4. The molecule has 2 amide bonds. The molecule has 0 N–H and O–H groups in total. The van der Waals surface area contributed by atoms with Crippen LogP contribution in [0.2, 0.25) is 0 Å². The molecule has 1 aromatic carbocycles. The van der Waals surface area contributed by atoms with E-state index in [0.29, 0.717) is 6.21 Å². The molecule has 0 aliphatic carbocycles. The lowest BCUT2D eigenvalue weighted by molar-refractivity contribution is -0.119. The predicted octanol–water partition coefficient (Wildman–Crippen LogP) is 1.16. The minimum atomic E-state index is -1.10. The summed E-state index contributed by atoms with van der Waals surface area (Å²) in [5, 5.41) is 0. The number of amides is 2. The second-order valence-corrected chi connectivity index (χ2v) is 5.23. The van der Waals surface area contributed by atoms with Crippen LogP contribution in [-0.2, 0) is 11.2 Å². The van der Waals surface area contributed by atoms with Gasteiger partial charge in [-0.25, -0.2) is 0 Å². The SMILES string of the molecule is [N-]=[N+]=CC(=O)C(Cc1ccccc1)N1C(=O)c2cccnc2C1=O. The van der Waals surface area contributed by atoms with Crippen molar-refractivity contribution in [1.29, 1.82) is 0 Å². The van der Waals surface area contributed by atoms with Gasteiger partial charge < -0.3 is 5.53 Å². The largest absolute Gasteiger partial charge is 0.361 e. The van der Waals surface area contributed by atoms with Gasteiger partial charge in [-0.15, -0.1) is 0 Å². The molecule has 1 aliphatic heterocycles. The zero-order valence-electron chi connectivity index (χ0n) is 12.5. The Labute approximate surface area is 137 Å². The van der Waals surface area contributed by atoms with Crippen LogP contribution in [0, 0.1) is 0 Å². The van der Waals surface area contributed by atoms with Gasteiger partial charge in [0.2, 0.25) is 0 Å². The Morgan fingerprint density at radius 3 is 2.58 bits per heavy atom. The summed E-state index contributed by atoms with van der Waals surface area (Å²) < 4.78 is 0. The van der Waals surface area contributed by atoms with E-state index < -0.39 is 23.6 Å². The van der Waals surface area contributed by atoms with Gasteiger partial charge in [0.1, 0.15) is 11.7 Å². The van der Waals surface area contributed by atoms with Crippen LogP contribution in [0.1, 0.15) is 26.4 Å². The van der Waals surface area contributed by atoms with Crippen molar-refractivity contribution >= 4 is 23.8 Å².